The van der Waals surface area contributed by atoms with Crippen molar-refractivity contribution in [2.24, 2.45) is 17.3 Å². The molecule has 0 bridgehead atoms. The molecule has 0 radical (unpaired) electrons. The molecule has 0 spiro atoms. The maximum absolute atomic E-state index is 15.1. The van der Waals surface area contributed by atoms with Crippen molar-refractivity contribution >= 4 is 5.78 Å². The third-order valence-electron chi connectivity index (χ3n) is 10.5. The lowest BCUT2D eigenvalue weighted by molar-refractivity contribution is -0.362. The number of hydrogen-bond acceptors (Lipinski definition) is 4. The van der Waals surface area contributed by atoms with Crippen molar-refractivity contribution in [1.82, 2.24) is 0 Å². The smallest absolute Gasteiger partial charge is 0.383 e. The van der Waals surface area contributed by atoms with Gasteiger partial charge in [0.25, 0.3) is 5.79 Å². The van der Waals surface area contributed by atoms with Crippen LogP contribution in [0.1, 0.15) is 68.9 Å². The van der Waals surface area contributed by atoms with Crippen LogP contribution in [0.3, 0.4) is 0 Å². The van der Waals surface area contributed by atoms with E-state index in [1.165, 1.54) is 31.2 Å². The summed E-state index contributed by atoms with van der Waals surface area (Å²) in [6.45, 7) is 0.741. The second-order valence-electron chi connectivity index (χ2n) is 12.4. The van der Waals surface area contributed by atoms with Crippen molar-refractivity contribution in [3.63, 3.8) is 0 Å². The Kier molecular flexibility index (Phi) is 6.62. The van der Waals surface area contributed by atoms with Crippen molar-refractivity contribution in [1.29, 1.82) is 0 Å². The molecule has 0 aromatic heterocycles. The minimum absolute atomic E-state index is 0.0352. The molecule has 2 saturated carbocycles. The largest absolute Gasteiger partial charge is 0.456 e. The quantitative estimate of drug-likeness (QED) is 0.368. The second-order valence-corrected chi connectivity index (χ2v) is 12.4. The van der Waals surface area contributed by atoms with Gasteiger partial charge in [0.2, 0.25) is 0 Å². The molecule has 4 nitrogen and oxygen atoms in total. The molecule has 42 heavy (non-hydrogen) atoms. The molecule has 1 N–H and O–H groups in total. The van der Waals surface area contributed by atoms with Crippen LogP contribution >= 0.6 is 0 Å². The highest BCUT2D eigenvalue weighted by Crippen LogP contribution is 2.70. The molecule has 1 saturated heterocycles. The lowest BCUT2D eigenvalue weighted by Crippen LogP contribution is -2.65. The molecule has 3 fully saturated rings. The second kappa shape index (κ2) is 9.34. The Balaban J connectivity index is 1.49. The normalized spacial score (nSPS) is 35.0. The average molecular weight is 607 g/mol. The maximum Gasteiger partial charge on any atom is 0.456 e. The van der Waals surface area contributed by atoms with Gasteiger partial charge in [-0.2, -0.15) is 35.1 Å². The number of carbonyl (C=O) groups excluding carboxylic acids is 1. The lowest BCUT2D eigenvalue weighted by atomic mass is 9.50. The number of aliphatic hydroxyl groups is 1. The summed E-state index contributed by atoms with van der Waals surface area (Å²) in [4.78, 5) is 12.2. The molecule has 12 heteroatoms. The number of fused-ring (bicyclic) bond motifs is 4. The Hall–Kier alpha value is -2.31. The summed E-state index contributed by atoms with van der Waals surface area (Å²) in [5.41, 5.74) is -2.63. The average Bonchev–Trinajstić information content (AvgIpc) is 3.52. The van der Waals surface area contributed by atoms with E-state index >= 15 is 8.78 Å². The number of allylic oxidation sites excluding steroid dienone is 4. The summed E-state index contributed by atoms with van der Waals surface area (Å²) in [6, 6.07) is 5.15. The van der Waals surface area contributed by atoms with Crippen LogP contribution < -0.4 is 0 Å². The molecule has 4 aliphatic carbocycles. The first-order valence-electron chi connectivity index (χ1n) is 14.1. The van der Waals surface area contributed by atoms with Crippen molar-refractivity contribution in [2.75, 3.05) is 13.2 Å². The number of hydrogen-bond donors (Lipinski definition) is 1. The molecule has 1 heterocycles. The van der Waals surface area contributed by atoms with Crippen LogP contribution in [0, 0.1) is 17.3 Å². The van der Waals surface area contributed by atoms with Crippen molar-refractivity contribution in [3.05, 3.63) is 58.2 Å². The van der Waals surface area contributed by atoms with E-state index in [0.717, 1.165) is 16.7 Å². The lowest BCUT2D eigenvalue weighted by Gasteiger charge is -2.56. The topological polar surface area (TPSA) is 55.8 Å². The van der Waals surface area contributed by atoms with E-state index in [9.17, 15) is 36.2 Å². The number of ether oxygens (including phenoxy) is 2. The summed E-state index contributed by atoms with van der Waals surface area (Å²) >= 11 is 0. The molecule has 1 unspecified atom stereocenters. The number of halogens is 8. The van der Waals surface area contributed by atoms with Crippen LogP contribution in [0.4, 0.5) is 35.1 Å². The van der Waals surface area contributed by atoms with E-state index in [2.05, 4.69) is 0 Å². The van der Waals surface area contributed by atoms with E-state index in [4.69, 9.17) is 9.47 Å². The summed E-state index contributed by atoms with van der Waals surface area (Å²) in [6.07, 6.45) is -8.90. The van der Waals surface area contributed by atoms with Gasteiger partial charge in [-0.1, -0.05) is 36.8 Å². The van der Waals surface area contributed by atoms with Gasteiger partial charge in [0, 0.05) is 23.3 Å². The molecule has 1 aliphatic heterocycles. The molecule has 1 aromatic rings. The fraction of sp³-hybridized carbons (Fsp3) is 0.633. The Morgan fingerprint density at radius 3 is 2.14 bits per heavy atom. The standard InChI is InChI=1S/C30H30F8O4/c1-25-15-22(16-2-5-18(6-3-16)27(29(33,34)35)41-12-13-42-27)24-20-9-7-19(39)14-17(20)4-8-21(24)23(25)10-11-26(25,40)28(31,32)30(36,37)38/h2-3,5-6,14,21-23,40H,4,7-13,15H2,1H3/t21-,22?,23-,25-,26-/m0/s1. The predicted octanol–water partition coefficient (Wildman–Crippen LogP) is 7.28. The van der Waals surface area contributed by atoms with Gasteiger partial charge in [-0.05, 0) is 73.1 Å². The molecule has 0 amide bonds. The van der Waals surface area contributed by atoms with Crippen LogP contribution in [0.2, 0.25) is 0 Å². The van der Waals surface area contributed by atoms with E-state index in [-0.39, 0.29) is 43.8 Å². The van der Waals surface area contributed by atoms with Crippen LogP contribution in [-0.2, 0) is 20.1 Å². The van der Waals surface area contributed by atoms with Gasteiger partial charge in [0.1, 0.15) is 5.60 Å². The minimum atomic E-state index is -5.98. The van der Waals surface area contributed by atoms with Gasteiger partial charge in [-0.15, -0.1) is 0 Å². The van der Waals surface area contributed by atoms with Gasteiger partial charge in [-0.25, -0.2) is 0 Å². The van der Waals surface area contributed by atoms with E-state index in [1.807, 2.05) is 0 Å². The highest BCUT2D eigenvalue weighted by molar-refractivity contribution is 5.93. The zero-order chi connectivity index (χ0) is 30.5. The van der Waals surface area contributed by atoms with E-state index < -0.39 is 59.3 Å². The fourth-order valence-corrected chi connectivity index (χ4v) is 8.56. The number of benzene rings is 1. The Morgan fingerprint density at radius 1 is 0.905 bits per heavy atom. The van der Waals surface area contributed by atoms with Gasteiger partial charge >= 0.3 is 18.3 Å². The molecular formula is C30H30F8O4. The van der Waals surface area contributed by atoms with Gasteiger partial charge < -0.3 is 14.6 Å². The first kappa shape index (κ1) is 29.7. The van der Waals surface area contributed by atoms with E-state index in [0.29, 0.717) is 24.8 Å². The first-order valence-corrected chi connectivity index (χ1v) is 14.1. The summed E-state index contributed by atoms with van der Waals surface area (Å²) in [5.74, 6) is -10.3. The van der Waals surface area contributed by atoms with Crippen LogP contribution in [0.15, 0.2) is 47.1 Å². The molecule has 1 aromatic carbocycles. The third-order valence-corrected chi connectivity index (χ3v) is 10.5. The van der Waals surface area contributed by atoms with Gasteiger partial charge in [0.15, 0.2) is 5.78 Å². The van der Waals surface area contributed by atoms with Crippen molar-refractivity contribution < 1.29 is 54.5 Å². The fourth-order valence-electron chi connectivity index (χ4n) is 8.56. The van der Waals surface area contributed by atoms with Gasteiger partial charge in [-0.3, -0.25) is 4.79 Å². The molecular weight excluding hydrogens is 576 g/mol. The minimum Gasteiger partial charge on any atom is -0.383 e. The third kappa shape index (κ3) is 3.93. The van der Waals surface area contributed by atoms with Crippen LogP contribution in [0.25, 0.3) is 0 Å². The summed E-state index contributed by atoms with van der Waals surface area (Å²) in [5, 5.41) is 11.3. The number of rotatable bonds is 3. The number of ketones is 1. The number of alkyl halides is 8. The zero-order valence-corrected chi connectivity index (χ0v) is 22.7. The Morgan fingerprint density at radius 2 is 1.55 bits per heavy atom. The molecule has 5 aliphatic rings. The summed E-state index contributed by atoms with van der Waals surface area (Å²) < 4.78 is 123. The maximum atomic E-state index is 15.1. The van der Waals surface area contributed by atoms with Crippen LogP contribution in [-0.4, -0.2) is 48.0 Å². The first-order chi connectivity index (χ1) is 19.5. The van der Waals surface area contributed by atoms with Crippen molar-refractivity contribution in [2.45, 2.75) is 87.5 Å². The Labute approximate surface area is 236 Å². The van der Waals surface area contributed by atoms with E-state index in [1.54, 1.807) is 6.08 Å². The molecule has 6 rings (SSSR count). The van der Waals surface area contributed by atoms with Crippen molar-refractivity contribution in [3.8, 4) is 0 Å². The molecule has 230 valence electrons. The highest BCUT2D eigenvalue weighted by Gasteiger charge is 2.79. The highest BCUT2D eigenvalue weighted by atomic mass is 19.4. The zero-order valence-electron chi connectivity index (χ0n) is 22.7. The molecule has 5 atom stereocenters. The monoisotopic (exact) mass is 606 g/mol. The SMILES string of the molecule is C[C@]12CC(c3ccc(C4(C(F)(F)F)OCCO4)cc3)C3=C4CCC(=O)C=C4CC[C@H]3[C@@H]1CC[C@@]2(O)C(F)(F)C(F)(F)F. The predicted molar refractivity (Wildman–Crippen MR) is 132 cm³/mol. The number of carbonyl (C=O) groups is 1. The van der Waals surface area contributed by atoms with Crippen LogP contribution in [0.5, 0.6) is 0 Å². The van der Waals surface area contributed by atoms with Gasteiger partial charge in [0.05, 0.1) is 13.2 Å². The Bertz CT molecular complexity index is 1340. The summed E-state index contributed by atoms with van der Waals surface area (Å²) in [7, 11) is 0.